The van der Waals surface area contributed by atoms with Crippen LogP contribution in [0.5, 0.6) is 0 Å². The quantitative estimate of drug-likeness (QED) is 0.469. The zero-order valence-electron chi connectivity index (χ0n) is 6.34. The number of aliphatic hydroxyl groups excluding tert-OH is 2. The highest BCUT2D eigenvalue weighted by atomic mass is 16.6. The standard InChI is InChI=1S/C7H10O5/c8-2-4-6(10)7-3(11-4)1-5(9)12-7/h3-4,6-8,10H,1-2H2/t3-,4-,6+,7-/m0/s1. The molecule has 12 heavy (non-hydrogen) atoms. The fourth-order valence-electron chi connectivity index (χ4n) is 1.64. The van der Waals surface area contributed by atoms with Crippen LogP contribution in [0.3, 0.4) is 0 Å². The Labute approximate surface area is 68.9 Å². The Hall–Kier alpha value is -0.650. The molecule has 0 radical (unpaired) electrons. The summed E-state index contributed by atoms with van der Waals surface area (Å²) in [7, 11) is 0. The smallest absolute Gasteiger partial charge is 0.309 e. The van der Waals surface area contributed by atoms with Gasteiger partial charge in [-0.25, -0.2) is 0 Å². The predicted molar refractivity (Wildman–Crippen MR) is 36.3 cm³/mol. The van der Waals surface area contributed by atoms with Gasteiger partial charge in [0.1, 0.15) is 18.3 Å². The van der Waals surface area contributed by atoms with Crippen LogP contribution >= 0.6 is 0 Å². The first-order valence-corrected chi connectivity index (χ1v) is 3.86. The summed E-state index contributed by atoms with van der Waals surface area (Å²) in [4.78, 5) is 10.7. The van der Waals surface area contributed by atoms with E-state index in [4.69, 9.17) is 14.6 Å². The zero-order valence-corrected chi connectivity index (χ0v) is 6.34. The van der Waals surface area contributed by atoms with Gasteiger partial charge in [-0.15, -0.1) is 0 Å². The lowest BCUT2D eigenvalue weighted by atomic mass is 10.1. The highest BCUT2D eigenvalue weighted by Crippen LogP contribution is 2.31. The molecule has 2 saturated heterocycles. The number of carbonyl (C=O) groups excluding carboxylic acids is 1. The molecule has 2 fully saturated rings. The molecule has 2 rings (SSSR count). The van der Waals surface area contributed by atoms with Gasteiger partial charge in [0.25, 0.3) is 0 Å². The van der Waals surface area contributed by atoms with E-state index in [1.54, 1.807) is 0 Å². The van der Waals surface area contributed by atoms with E-state index in [0.717, 1.165) is 0 Å². The summed E-state index contributed by atoms with van der Waals surface area (Å²) in [5, 5.41) is 18.1. The summed E-state index contributed by atoms with van der Waals surface area (Å²) in [5.74, 6) is -0.347. The molecule has 68 valence electrons. The first kappa shape index (κ1) is 7.97. The van der Waals surface area contributed by atoms with Gasteiger partial charge >= 0.3 is 5.97 Å². The van der Waals surface area contributed by atoms with Gasteiger partial charge in [-0.1, -0.05) is 0 Å². The molecule has 0 aromatic carbocycles. The minimum atomic E-state index is -0.883. The largest absolute Gasteiger partial charge is 0.457 e. The first-order valence-electron chi connectivity index (χ1n) is 3.86. The Kier molecular flexibility index (Phi) is 1.79. The highest BCUT2D eigenvalue weighted by molar-refractivity contribution is 5.72. The number of fused-ring (bicyclic) bond motifs is 1. The maximum absolute atomic E-state index is 10.7. The summed E-state index contributed by atoms with van der Waals surface area (Å²) in [6.07, 6.45) is -2.25. The van der Waals surface area contributed by atoms with E-state index in [1.807, 2.05) is 0 Å². The molecular formula is C7H10O5. The van der Waals surface area contributed by atoms with E-state index in [0.29, 0.717) is 0 Å². The zero-order chi connectivity index (χ0) is 8.72. The van der Waals surface area contributed by atoms with Gasteiger partial charge in [-0.05, 0) is 0 Å². The number of hydrogen-bond donors (Lipinski definition) is 2. The van der Waals surface area contributed by atoms with Crippen LogP contribution in [0.4, 0.5) is 0 Å². The molecule has 0 unspecified atom stereocenters. The van der Waals surface area contributed by atoms with Crippen LogP contribution in [0, 0.1) is 0 Å². The highest BCUT2D eigenvalue weighted by Gasteiger charge is 2.50. The number of esters is 1. The average molecular weight is 174 g/mol. The second kappa shape index (κ2) is 2.69. The fourth-order valence-corrected chi connectivity index (χ4v) is 1.64. The predicted octanol–water partition coefficient (Wildman–Crippen LogP) is -1.58. The van der Waals surface area contributed by atoms with Crippen LogP contribution in [-0.2, 0) is 14.3 Å². The fraction of sp³-hybridized carbons (Fsp3) is 0.857. The third-order valence-corrected chi connectivity index (χ3v) is 2.25. The molecule has 2 N–H and O–H groups in total. The Bertz CT molecular complexity index is 204. The number of ether oxygens (including phenoxy) is 2. The lowest BCUT2D eigenvalue weighted by Gasteiger charge is -2.13. The molecule has 0 aromatic heterocycles. The number of rotatable bonds is 1. The number of aliphatic hydroxyl groups is 2. The van der Waals surface area contributed by atoms with Crippen molar-refractivity contribution < 1.29 is 24.5 Å². The van der Waals surface area contributed by atoms with E-state index in [2.05, 4.69) is 0 Å². The van der Waals surface area contributed by atoms with Gasteiger partial charge in [0.05, 0.1) is 13.0 Å². The molecule has 0 bridgehead atoms. The third-order valence-electron chi connectivity index (χ3n) is 2.25. The summed E-state index contributed by atoms with van der Waals surface area (Å²) in [6, 6.07) is 0. The topological polar surface area (TPSA) is 76.0 Å². The minimum Gasteiger partial charge on any atom is -0.457 e. The molecule has 5 nitrogen and oxygen atoms in total. The Morgan fingerprint density at radius 1 is 1.58 bits per heavy atom. The summed E-state index contributed by atoms with van der Waals surface area (Å²) in [6.45, 7) is -0.244. The molecule has 2 aliphatic rings. The normalized spacial score (nSPS) is 46.0. The number of carbonyl (C=O) groups is 1. The van der Waals surface area contributed by atoms with Gasteiger partial charge in [-0.3, -0.25) is 4.79 Å². The number of hydrogen-bond acceptors (Lipinski definition) is 5. The van der Waals surface area contributed by atoms with Gasteiger partial charge in [0.15, 0.2) is 6.10 Å². The summed E-state index contributed by atoms with van der Waals surface area (Å²) < 4.78 is 9.98. The van der Waals surface area contributed by atoms with Gasteiger partial charge in [-0.2, -0.15) is 0 Å². The van der Waals surface area contributed by atoms with Crippen LogP contribution in [0.25, 0.3) is 0 Å². The van der Waals surface area contributed by atoms with Crippen molar-refractivity contribution in [3.63, 3.8) is 0 Å². The monoisotopic (exact) mass is 174 g/mol. The van der Waals surface area contributed by atoms with E-state index >= 15 is 0 Å². The Balaban J connectivity index is 2.08. The van der Waals surface area contributed by atoms with Crippen molar-refractivity contribution in [2.75, 3.05) is 6.61 Å². The third kappa shape index (κ3) is 1.01. The van der Waals surface area contributed by atoms with Crippen molar-refractivity contribution >= 4 is 5.97 Å². The molecule has 2 aliphatic heterocycles. The van der Waals surface area contributed by atoms with Crippen molar-refractivity contribution in [1.82, 2.24) is 0 Å². The molecule has 2 heterocycles. The molecule has 0 amide bonds. The molecule has 0 saturated carbocycles. The van der Waals surface area contributed by atoms with E-state index < -0.39 is 18.3 Å². The van der Waals surface area contributed by atoms with Gasteiger partial charge in [0.2, 0.25) is 0 Å². The maximum atomic E-state index is 10.7. The average Bonchev–Trinajstić information content (AvgIpc) is 2.51. The van der Waals surface area contributed by atoms with Crippen molar-refractivity contribution in [2.24, 2.45) is 0 Å². The molecule has 0 aliphatic carbocycles. The van der Waals surface area contributed by atoms with Crippen molar-refractivity contribution in [2.45, 2.75) is 30.8 Å². The maximum Gasteiger partial charge on any atom is 0.309 e. The van der Waals surface area contributed by atoms with Crippen molar-refractivity contribution in [3.05, 3.63) is 0 Å². The van der Waals surface area contributed by atoms with Gasteiger partial charge < -0.3 is 19.7 Å². The Morgan fingerprint density at radius 3 is 2.92 bits per heavy atom. The molecule has 0 aromatic rings. The van der Waals surface area contributed by atoms with Crippen molar-refractivity contribution in [1.29, 1.82) is 0 Å². The van der Waals surface area contributed by atoms with Crippen LogP contribution in [0.1, 0.15) is 6.42 Å². The Morgan fingerprint density at radius 2 is 2.33 bits per heavy atom. The molecule has 5 heteroatoms. The summed E-state index contributed by atoms with van der Waals surface area (Å²) >= 11 is 0. The van der Waals surface area contributed by atoms with E-state index in [-0.39, 0.29) is 25.1 Å². The van der Waals surface area contributed by atoms with Crippen LogP contribution in [-0.4, -0.2) is 47.2 Å². The first-order chi connectivity index (χ1) is 5.72. The molecule has 4 atom stereocenters. The summed E-state index contributed by atoms with van der Waals surface area (Å²) in [5.41, 5.74) is 0. The second-order valence-corrected chi connectivity index (χ2v) is 3.04. The van der Waals surface area contributed by atoms with E-state index in [1.165, 1.54) is 0 Å². The molecular weight excluding hydrogens is 164 g/mol. The molecule has 0 spiro atoms. The van der Waals surface area contributed by atoms with Crippen LogP contribution < -0.4 is 0 Å². The lowest BCUT2D eigenvalue weighted by Crippen LogP contribution is -2.33. The lowest BCUT2D eigenvalue weighted by molar-refractivity contribution is -0.146. The van der Waals surface area contributed by atoms with Crippen molar-refractivity contribution in [3.8, 4) is 0 Å². The van der Waals surface area contributed by atoms with Crippen LogP contribution in [0.15, 0.2) is 0 Å². The minimum absolute atomic E-state index is 0.179. The van der Waals surface area contributed by atoms with Gasteiger partial charge in [0, 0.05) is 0 Å². The van der Waals surface area contributed by atoms with E-state index in [9.17, 15) is 9.90 Å². The SMILES string of the molecule is O=C1C[C@@H]2O[C@@H](CO)[C@@H](O)[C@H]2O1. The second-order valence-electron chi connectivity index (χ2n) is 3.04. The van der Waals surface area contributed by atoms with Crippen LogP contribution in [0.2, 0.25) is 0 Å².